The molecule has 48 valence electrons. The first-order valence-electron chi connectivity index (χ1n) is 1.52. The van der Waals surface area contributed by atoms with Gasteiger partial charge in [-0.15, -0.1) is 0 Å². The van der Waals surface area contributed by atoms with Crippen LogP contribution >= 0.6 is 0 Å². The Morgan fingerprint density at radius 3 is 1.38 bits per heavy atom. The van der Waals surface area contributed by atoms with E-state index in [9.17, 15) is 19.8 Å². The van der Waals surface area contributed by atoms with Crippen LogP contribution in [0.15, 0.2) is 0 Å². The van der Waals surface area contributed by atoms with Crippen molar-refractivity contribution in [3.63, 3.8) is 0 Å². The molecular formula is C3H4O5-2. The van der Waals surface area contributed by atoms with Gasteiger partial charge in [0.15, 0.2) is 0 Å². The van der Waals surface area contributed by atoms with Crippen LogP contribution in [0.2, 0.25) is 0 Å². The Kier molecular flexibility index (Phi) is 5.09. The van der Waals surface area contributed by atoms with Crippen molar-refractivity contribution in [1.82, 2.24) is 0 Å². The van der Waals surface area contributed by atoms with E-state index in [0.717, 1.165) is 0 Å². The third kappa shape index (κ3) is 8.86. The Labute approximate surface area is 44.9 Å². The molecule has 0 saturated carbocycles. The van der Waals surface area contributed by atoms with Gasteiger partial charge in [0.25, 0.3) is 0 Å². The number of carbonyl (C=O) groups excluding carboxylic acids is 2. The van der Waals surface area contributed by atoms with Gasteiger partial charge < -0.3 is 25.3 Å². The summed E-state index contributed by atoms with van der Waals surface area (Å²) in [5.41, 5.74) is 0. The second-order valence-corrected chi connectivity index (χ2v) is 0.921. The van der Waals surface area contributed by atoms with Gasteiger partial charge in [0, 0.05) is 18.4 Å². The molecule has 0 amide bonds. The van der Waals surface area contributed by atoms with E-state index < -0.39 is 18.4 Å². The summed E-state index contributed by atoms with van der Waals surface area (Å²) in [6.45, 7) is 0. The smallest absolute Gasteiger partial charge is 0.0470 e. The maximum Gasteiger partial charge on any atom is 0.0470 e. The lowest BCUT2D eigenvalue weighted by atomic mass is 10.5. The Morgan fingerprint density at radius 2 is 1.38 bits per heavy atom. The predicted octanol–water partition coefficient (Wildman–Crippen LogP) is -3.95. The minimum Gasteiger partial charge on any atom is -0.550 e. The molecule has 0 aromatic rings. The zero-order chi connectivity index (χ0) is 5.86. The Bertz CT molecular complexity index is 83.8. The van der Waals surface area contributed by atoms with Gasteiger partial charge >= 0.3 is 0 Å². The summed E-state index contributed by atoms with van der Waals surface area (Å²) in [5, 5.41) is 18.6. The molecule has 0 saturated heterocycles. The van der Waals surface area contributed by atoms with Crippen molar-refractivity contribution in [1.29, 1.82) is 0 Å². The standard InChI is InChI=1S/C3H4O4.H2O/c4-2(5)1-3(6)7;/h1H2,(H,4,5)(H,6,7);1H2/p-2. The minimum absolute atomic E-state index is 0. The van der Waals surface area contributed by atoms with Crippen molar-refractivity contribution in [3.05, 3.63) is 0 Å². The van der Waals surface area contributed by atoms with Gasteiger partial charge in [0.2, 0.25) is 0 Å². The fourth-order valence-electron chi connectivity index (χ4n) is 0.118. The second-order valence-electron chi connectivity index (χ2n) is 0.921. The molecule has 0 aliphatic carbocycles. The summed E-state index contributed by atoms with van der Waals surface area (Å²) in [6.07, 6.45) is -1.03. The van der Waals surface area contributed by atoms with Crippen molar-refractivity contribution < 1.29 is 25.3 Å². The van der Waals surface area contributed by atoms with Crippen LogP contribution in [-0.2, 0) is 9.59 Å². The van der Waals surface area contributed by atoms with Crippen LogP contribution in [0.3, 0.4) is 0 Å². The molecule has 0 heterocycles. The van der Waals surface area contributed by atoms with Gasteiger partial charge in [-0.3, -0.25) is 0 Å². The van der Waals surface area contributed by atoms with E-state index in [2.05, 4.69) is 0 Å². The SMILES string of the molecule is O.O=C([O-])CC(=O)[O-]. The van der Waals surface area contributed by atoms with Crippen molar-refractivity contribution in [2.75, 3.05) is 0 Å². The van der Waals surface area contributed by atoms with E-state index >= 15 is 0 Å². The normalized spacial score (nSPS) is 7.00. The highest BCUT2D eigenvalue weighted by atomic mass is 16.4. The summed E-state index contributed by atoms with van der Waals surface area (Å²) >= 11 is 0. The average molecular weight is 120 g/mol. The first-order valence-corrected chi connectivity index (χ1v) is 1.52. The number of hydrogen-bond donors (Lipinski definition) is 0. The maximum atomic E-state index is 9.28. The zero-order valence-corrected chi connectivity index (χ0v) is 3.84. The number of carboxylic acid groups (broad SMARTS) is 2. The molecule has 5 nitrogen and oxygen atoms in total. The minimum atomic E-state index is -1.63. The van der Waals surface area contributed by atoms with E-state index in [4.69, 9.17) is 0 Å². The van der Waals surface area contributed by atoms with Crippen LogP contribution in [0.5, 0.6) is 0 Å². The van der Waals surface area contributed by atoms with E-state index in [-0.39, 0.29) is 5.48 Å². The highest BCUT2D eigenvalue weighted by molar-refractivity contribution is 5.86. The molecule has 0 aliphatic rings. The number of rotatable bonds is 2. The van der Waals surface area contributed by atoms with Crippen molar-refractivity contribution >= 4 is 11.9 Å². The number of carbonyl (C=O) groups is 2. The molecule has 0 atom stereocenters. The van der Waals surface area contributed by atoms with Crippen LogP contribution in [-0.4, -0.2) is 17.4 Å². The van der Waals surface area contributed by atoms with E-state index in [1.54, 1.807) is 0 Å². The van der Waals surface area contributed by atoms with Crippen LogP contribution in [0, 0.1) is 0 Å². The lowest BCUT2D eigenvalue weighted by Crippen LogP contribution is -2.32. The number of carboxylic acids is 2. The molecule has 0 spiro atoms. The van der Waals surface area contributed by atoms with Crippen LogP contribution in [0.4, 0.5) is 0 Å². The van der Waals surface area contributed by atoms with Gasteiger partial charge in [-0.25, -0.2) is 0 Å². The molecular weight excluding hydrogens is 116 g/mol. The van der Waals surface area contributed by atoms with Crippen LogP contribution < -0.4 is 10.2 Å². The zero-order valence-electron chi connectivity index (χ0n) is 3.84. The fraction of sp³-hybridized carbons (Fsp3) is 0.333. The van der Waals surface area contributed by atoms with E-state index in [1.807, 2.05) is 0 Å². The predicted molar refractivity (Wildman–Crippen MR) is 18.2 cm³/mol. The second kappa shape index (κ2) is 4.07. The van der Waals surface area contributed by atoms with Gasteiger partial charge in [-0.2, -0.15) is 0 Å². The van der Waals surface area contributed by atoms with Crippen LogP contribution in [0.1, 0.15) is 6.42 Å². The molecule has 0 unspecified atom stereocenters. The first-order chi connectivity index (χ1) is 3.13. The lowest BCUT2D eigenvalue weighted by molar-refractivity contribution is -0.322. The highest BCUT2D eigenvalue weighted by Crippen LogP contribution is 1.66. The van der Waals surface area contributed by atoms with Gasteiger partial charge in [-0.1, -0.05) is 0 Å². The van der Waals surface area contributed by atoms with Gasteiger partial charge in [-0.05, 0) is 0 Å². The largest absolute Gasteiger partial charge is 0.550 e. The van der Waals surface area contributed by atoms with Crippen molar-refractivity contribution in [2.24, 2.45) is 0 Å². The third-order valence-electron chi connectivity index (χ3n) is 0.289. The molecule has 0 bridgehead atoms. The number of hydrogen-bond acceptors (Lipinski definition) is 4. The quantitative estimate of drug-likeness (QED) is 0.346. The maximum absolute atomic E-state index is 9.28. The summed E-state index contributed by atoms with van der Waals surface area (Å²) in [6, 6.07) is 0. The van der Waals surface area contributed by atoms with Gasteiger partial charge in [0.1, 0.15) is 0 Å². The highest BCUT2D eigenvalue weighted by Gasteiger charge is 1.81. The summed E-state index contributed by atoms with van der Waals surface area (Å²) in [5.74, 6) is -3.25. The lowest BCUT2D eigenvalue weighted by Gasteiger charge is -1.99. The summed E-state index contributed by atoms with van der Waals surface area (Å²) in [7, 11) is 0. The molecule has 0 aromatic carbocycles. The summed E-state index contributed by atoms with van der Waals surface area (Å²) in [4.78, 5) is 18.6. The Morgan fingerprint density at radius 1 is 1.12 bits per heavy atom. The first kappa shape index (κ1) is 10.0. The third-order valence-corrected chi connectivity index (χ3v) is 0.289. The van der Waals surface area contributed by atoms with Crippen LogP contribution in [0.25, 0.3) is 0 Å². The monoisotopic (exact) mass is 120 g/mol. The van der Waals surface area contributed by atoms with Gasteiger partial charge in [0.05, 0.1) is 0 Å². The average Bonchev–Trinajstić information content (AvgIpc) is 1.27. The molecule has 0 radical (unpaired) electrons. The van der Waals surface area contributed by atoms with E-state index in [0.29, 0.717) is 0 Å². The van der Waals surface area contributed by atoms with E-state index in [1.165, 1.54) is 0 Å². The molecule has 0 aliphatic heterocycles. The Hall–Kier alpha value is -1.10. The topological polar surface area (TPSA) is 112 Å². The molecule has 0 fully saturated rings. The summed E-state index contributed by atoms with van der Waals surface area (Å²) < 4.78 is 0. The molecule has 2 N–H and O–H groups in total. The molecule has 8 heavy (non-hydrogen) atoms. The molecule has 5 heteroatoms. The fourth-order valence-corrected chi connectivity index (χ4v) is 0.118. The number of aliphatic carboxylic acids is 2. The Balaban J connectivity index is 0. The molecule has 0 rings (SSSR count). The van der Waals surface area contributed by atoms with Crippen molar-refractivity contribution in [3.8, 4) is 0 Å². The van der Waals surface area contributed by atoms with Crippen molar-refractivity contribution in [2.45, 2.75) is 6.42 Å². The molecule has 0 aromatic heterocycles.